The van der Waals surface area contributed by atoms with Crippen molar-refractivity contribution < 1.29 is 52.4 Å². The molecule has 268 valence electrons. The van der Waals surface area contributed by atoms with Crippen molar-refractivity contribution in [3.63, 3.8) is 0 Å². The molecule has 3 unspecified atom stereocenters. The minimum absolute atomic E-state index is 0.0347. The number of ketones is 2. The van der Waals surface area contributed by atoms with Crippen LogP contribution in [0.2, 0.25) is 0 Å². The number of likely N-dealkylation sites (N-methyl/N-ethyl adjacent to an activating group) is 2. The molecule has 0 aromatic rings. The molecule has 13 heteroatoms. The average molecular weight is 671 g/mol. The molecule has 12 nitrogen and oxygen atoms in total. The van der Waals surface area contributed by atoms with Gasteiger partial charge in [-0.2, -0.15) is 0 Å². The molecule has 0 amide bonds. The summed E-state index contributed by atoms with van der Waals surface area (Å²) >= 11 is 0. The van der Waals surface area contributed by atoms with Crippen LogP contribution in [0.1, 0.15) is 74.7 Å². The molecule has 4 rings (SSSR count). The maximum Gasteiger partial charge on any atom is 0.351 e. The number of rotatable bonds is 5. The Kier molecular flexibility index (Phi) is 10.5. The Morgan fingerprint density at radius 2 is 1.68 bits per heavy atom. The summed E-state index contributed by atoms with van der Waals surface area (Å²) in [6, 6.07) is -1.13. The summed E-state index contributed by atoms with van der Waals surface area (Å²) < 4.78 is 46.8. The largest absolute Gasteiger partial charge is 0.455 e. The maximum absolute atomic E-state index is 16.6. The van der Waals surface area contributed by atoms with E-state index in [1.165, 1.54) is 14.0 Å². The van der Waals surface area contributed by atoms with Crippen LogP contribution in [0, 0.1) is 23.2 Å². The standard InChI is InChI=1S/C34H55FN2O10/c1-13-21-34(8)24-22(28(41)47-34)37(11)16-31(24,5)25(39)17(2)15-32(6,43-12)27(19(4)26(40)33(7,35)30(42)45-21)46-29-23(38)20(36(9)10)14-18(3)44-29/h17-24,27,29,38H,13-16H2,1-12H3/t17-,18-,19+,20+,21+,22?,23-,24?,27-,29+,31?,32+,33+,34-/m1/s1. The molecule has 4 aliphatic rings. The second kappa shape index (κ2) is 13.0. The number of carbonyl (C=O) groups excluding carboxylic acids is 4. The van der Waals surface area contributed by atoms with Crippen LogP contribution in [0.4, 0.5) is 4.39 Å². The van der Waals surface area contributed by atoms with E-state index >= 15 is 4.39 Å². The fourth-order valence-corrected chi connectivity index (χ4v) is 9.10. The third kappa shape index (κ3) is 6.18. The summed E-state index contributed by atoms with van der Waals surface area (Å²) in [4.78, 5) is 59.3. The third-order valence-electron chi connectivity index (χ3n) is 11.6. The molecule has 47 heavy (non-hydrogen) atoms. The monoisotopic (exact) mass is 670 g/mol. The highest BCUT2D eigenvalue weighted by atomic mass is 19.1. The fraction of sp³-hybridized carbons (Fsp3) is 0.882. The predicted octanol–water partition coefficient (Wildman–Crippen LogP) is 2.32. The van der Waals surface area contributed by atoms with E-state index in [9.17, 15) is 24.3 Å². The lowest BCUT2D eigenvalue weighted by Gasteiger charge is -2.48. The lowest BCUT2D eigenvalue weighted by atomic mass is 9.62. The summed E-state index contributed by atoms with van der Waals surface area (Å²) in [5.41, 5.74) is -7.15. The molecule has 4 aliphatic heterocycles. The van der Waals surface area contributed by atoms with Crippen LogP contribution in [0.3, 0.4) is 0 Å². The molecule has 0 aromatic carbocycles. The Balaban J connectivity index is 1.86. The number of carbonyl (C=O) groups is 4. The van der Waals surface area contributed by atoms with Crippen molar-refractivity contribution in [2.75, 3.05) is 34.8 Å². The first-order valence-corrected chi connectivity index (χ1v) is 16.7. The van der Waals surface area contributed by atoms with Gasteiger partial charge in [-0.3, -0.25) is 19.3 Å². The second-order valence-electron chi connectivity index (χ2n) is 15.4. The lowest BCUT2D eigenvalue weighted by molar-refractivity contribution is -0.295. The van der Waals surface area contributed by atoms with Crippen molar-refractivity contribution >= 4 is 23.5 Å². The van der Waals surface area contributed by atoms with Crippen LogP contribution in [-0.2, 0) is 42.9 Å². The number of alkyl halides is 1. The van der Waals surface area contributed by atoms with Gasteiger partial charge in [0.05, 0.1) is 17.8 Å². The molecule has 0 radical (unpaired) electrons. The number of hydrogen-bond donors (Lipinski definition) is 1. The number of aliphatic hydroxyl groups excluding tert-OH is 1. The Morgan fingerprint density at radius 1 is 1.06 bits per heavy atom. The third-order valence-corrected chi connectivity index (χ3v) is 11.6. The van der Waals surface area contributed by atoms with E-state index in [2.05, 4.69) is 0 Å². The quantitative estimate of drug-likeness (QED) is 0.339. The number of hydrogen-bond acceptors (Lipinski definition) is 12. The number of Topliss-reactive ketones (excluding diaryl/α,β-unsaturated/α-hetero) is 2. The maximum atomic E-state index is 16.6. The number of methoxy groups -OCH3 is 1. The predicted molar refractivity (Wildman–Crippen MR) is 168 cm³/mol. The SMILES string of the molecule is CC[C@@H]1OC(=O)[C@@](C)(F)C(=O)[C@H](C)[C@@H](O[C@@H]2O[C@H](C)C[C@H](N(C)C)[C@H]2O)[C@@](C)(OC)C[C@@H](C)C(=O)C2(C)CN(C)C3C(=O)O[C@@]1(C)C32. The Morgan fingerprint density at radius 3 is 2.23 bits per heavy atom. The zero-order chi connectivity index (χ0) is 35.6. The smallest absolute Gasteiger partial charge is 0.351 e. The molecule has 0 spiro atoms. The number of nitrogens with zero attached hydrogens (tertiary/aromatic N) is 2. The minimum Gasteiger partial charge on any atom is -0.455 e. The molecular formula is C34H55FN2O10. The topological polar surface area (TPSA) is 141 Å². The molecule has 4 heterocycles. The number of aliphatic hydroxyl groups is 1. The van der Waals surface area contributed by atoms with Crippen LogP contribution in [-0.4, -0.2) is 133 Å². The summed E-state index contributed by atoms with van der Waals surface area (Å²) in [6.45, 7) is 12.9. The van der Waals surface area contributed by atoms with E-state index < -0.39 is 88.4 Å². The van der Waals surface area contributed by atoms with Crippen molar-refractivity contribution in [2.24, 2.45) is 23.2 Å². The van der Waals surface area contributed by atoms with E-state index in [1.807, 2.05) is 25.9 Å². The Bertz CT molecular complexity index is 1250. The normalized spacial score (nSPS) is 48.7. The summed E-state index contributed by atoms with van der Waals surface area (Å²) in [5.74, 6) is -6.03. The highest BCUT2D eigenvalue weighted by Crippen LogP contribution is 2.55. The van der Waals surface area contributed by atoms with Gasteiger partial charge in [-0.15, -0.1) is 0 Å². The van der Waals surface area contributed by atoms with E-state index in [4.69, 9.17) is 23.7 Å². The molecule has 14 atom stereocenters. The average Bonchev–Trinajstić information content (AvgIpc) is 3.45. The van der Waals surface area contributed by atoms with Gasteiger partial charge < -0.3 is 33.7 Å². The van der Waals surface area contributed by atoms with Gasteiger partial charge in [0.25, 0.3) is 5.67 Å². The molecular weight excluding hydrogens is 615 g/mol. The molecule has 0 aliphatic carbocycles. The first-order chi connectivity index (χ1) is 21.6. The van der Waals surface area contributed by atoms with Crippen molar-refractivity contribution in [3.05, 3.63) is 0 Å². The number of ether oxygens (including phenoxy) is 5. The van der Waals surface area contributed by atoms with Crippen molar-refractivity contribution in [3.8, 4) is 0 Å². The summed E-state index contributed by atoms with van der Waals surface area (Å²) in [7, 11) is 6.81. The minimum atomic E-state index is -3.13. The van der Waals surface area contributed by atoms with Crippen LogP contribution in [0.25, 0.3) is 0 Å². The zero-order valence-corrected chi connectivity index (χ0v) is 30.0. The fourth-order valence-electron chi connectivity index (χ4n) is 9.10. The first kappa shape index (κ1) is 37.8. The van der Waals surface area contributed by atoms with Gasteiger partial charge in [0.15, 0.2) is 17.7 Å². The van der Waals surface area contributed by atoms with E-state index in [1.54, 1.807) is 46.6 Å². The van der Waals surface area contributed by atoms with Crippen LogP contribution < -0.4 is 0 Å². The van der Waals surface area contributed by atoms with Gasteiger partial charge in [-0.25, -0.2) is 9.18 Å². The number of likely N-dealkylation sites (tertiary alicyclic amines) is 1. The zero-order valence-electron chi connectivity index (χ0n) is 30.0. The van der Waals surface area contributed by atoms with Gasteiger partial charge in [-0.05, 0) is 68.1 Å². The lowest BCUT2D eigenvalue weighted by Crippen LogP contribution is -2.61. The number of cyclic esters (lactones) is 1. The van der Waals surface area contributed by atoms with Gasteiger partial charge >= 0.3 is 11.9 Å². The Labute approximate surface area is 277 Å². The van der Waals surface area contributed by atoms with E-state index in [0.29, 0.717) is 6.42 Å². The molecule has 0 bridgehead atoms. The van der Waals surface area contributed by atoms with Crippen molar-refractivity contribution in [1.82, 2.24) is 9.80 Å². The first-order valence-electron chi connectivity index (χ1n) is 16.7. The van der Waals surface area contributed by atoms with Crippen LogP contribution in [0.15, 0.2) is 0 Å². The number of esters is 2. The van der Waals surface area contributed by atoms with Crippen molar-refractivity contribution in [1.29, 1.82) is 0 Å². The highest BCUT2D eigenvalue weighted by Gasteiger charge is 2.71. The summed E-state index contributed by atoms with van der Waals surface area (Å²) in [6.07, 6.45) is -4.40. The van der Waals surface area contributed by atoms with Crippen LogP contribution in [0.5, 0.6) is 0 Å². The number of halogens is 1. The van der Waals surface area contributed by atoms with E-state index in [-0.39, 0.29) is 37.3 Å². The molecule has 0 saturated carbocycles. The molecule has 0 aromatic heterocycles. The molecule has 4 saturated heterocycles. The van der Waals surface area contributed by atoms with Gasteiger partial charge in [0, 0.05) is 42.9 Å². The van der Waals surface area contributed by atoms with Gasteiger partial charge in [-0.1, -0.05) is 27.7 Å². The van der Waals surface area contributed by atoms with E-state index in [0.717, 1.165) is 6.92 Å². The molecule has 4 fully saturated rings. The van der Waals surface area contributed by atoms with Crippen molar-refractivity contribution in [2.45, 2.75) is 134 Å². The van der Waals surface area contributed by atoms with Gasteiger partial charge in [0.2, 0.25) is 0 Å². The highest BCUT2D eigenvalue weighted by molar-refractivity contribution is 6.08. The van der Waals surface area contributed by atoms with Gasteiger partial charge in [0.1, 0.15) is 24.0 Å². The summed E-state index contributed by atoms with van der Waals surface area (Å²) in [5, 5.41) is 11.3. The molecule has 1 N–H and O–H groups in total. The van der Waals surface area contributed by atoms with Crippen LogP contribution >= 0.6 is 0 Å². The second-order valence-corrected chi connectivity index (χ2v) is 15.4. The Hall–Kier alpha value is -2.03.